The van der Waals surface area contributed by atoms with Crippen molar-refractivity contribution >= 4 is 33.2 Å². The monoisotopic (exact) mass is 409 g/mol. The average Bonchev–Trinajstić information content (AvgIpc) is 3.24. The Labute approximate surface area is 160 Å². The molecule has 2 heterocycles. The van der Waals surface area contributed by atoms with Crippen molar-refractivity contribution in [3.8, 4) is 11.3 Å². The van der Waals surface area contributed by atoms with Gasteiger partial charge >= 0.3 is 0 Å². The minimum Gasteiger partial charge on any atom is -0.440 e. The van der Waals surface area contributed by atoms with E-state index in [0.717, 1.165) is 11.8 Å². The lowest BCUT2D eigenvalue weighted by Crippen LogP contribution is -2.16. The Kier molecular flexibility index (Phi) is 5.36. The molecule has 0 bridgehead atoms. The predicted molar refractivity (Wildman–Crippen MR) is 99.5 cm³/mol. The highest BCUT2D eigenvalue weighted by molar-refractivity contribution is 7.90. The Hall–Kier alpha value is -2.62. The molecule has 10 heteroatoms. The number of benzene rings is 1. The molecule has 0 aliphatic rings. The number of nitrogens with zero attached hydrogens (tertiary/aromatic N) is 2. The van der Waals surface area contributed by atoms with Crippen LogP contribution < -0.4 is 5.32 Å². The number of hydrogen-bond donors (Lipinski definition) is 2. The molecule has 142 valence electrons. The summed E-state index contributed by atoms with van der Waals surface area (Å²) in [6, 6.07) is 11.1. The molecule has 0 aliphatic carbocycles. The summed E-state index contributed by atoms with van der Waals surface area (Å²) in [4.78, 5) is 12.4. The van der Waals surface area contributed by atoms with E-state index in [1.54, 1.807) is 30.3 Å². The normalized spacial score (nSPS) is 11.5. The summed E-state index contributed by atoms with van der Waals surface area (Å²) in [5, 5.41) is 16.5. The first-order valence-electron chi connectivity index (χ1n) is 7.84. The van der Waals surface area contributed by atoms with Crippen LogP contribution in [0, 0.1) is 0 Å². The summed E-state index contributed by atoms with van der Waals surface area (Å²) in [6.45, 7) is -0.0144. The first kappa shape index (κ1) is 19.2. The molecule has 8 nitrogen and oxygen atoms in total. The smallest absolute Gasteiger partial charge is 0.292 e. The largest absolute Gasteiger partial charge is 0.440 e. The number of anilines is 1. The molecule has 0 saturated heterocycles. The summed E-state index contributed by atoms with van der Waals surface area (Å²) in [5.41, 5.74) is 1.36. The van der Waals surface area contributed by atoms with Crippen LogP contribution in [0.15, 0.2) is 52.0 Å². The Morgan fingerprint density at radius 1 is 1.26 bits per heavy atom. The van der Waals surface area contributed by atoms with Gasteiger partial charge in [-0.05, 0) is 24.3 Å². The lowest BCUT2D eigenvalue weighted by Gasteiger charge is -2.06. The van der Waals surface area contributed by atoms with Crippen LogP contribution in [0.3, 0.4) is 0 Å². The third-order valence-corrected chi connectivity index (χ3v) is 4.85. The lowest BCUT2D eigenvalue weighted by molar-refractivity contribution is 0.0990. The van der Waals surface area contributed by atoms with Gasteiger partial charge in [0.05, 0.1) is 18.8 Å². The van der Waals surface area contributed by atoms with Gasteiger partial charge in [0.1, 0.15) is 5.82 Å². The third kappa shape index (κ3) is 4.38. The number of carbonyl (C=O) groups excluding carboxylic acids is 1. The second kappa shape index (κ2) is 7.55. The number of rotatable bonds is 6. The van der Waals surface area contributed by atoms with Gasteiger partial charge in [0.2, 0.25) is 14.9 Å². The van der Waals surface area contributed by atoms with Crippen molar-refractivity contribution < 1.29 is 22.7 Å². The van der Waals surface area contributed by atoms with Gasteiger partial charge in [0.15, 0.2) is 5.76 Å². The molecule has 0 radical (unpaired) electrons. The molecule has 27 heavy (non-hydrogen) atoms. The molecular weight excluding hydrogens is 394 g/mol. The Bertz CT molecular complexity index is 1070. The van der Waals surface area contributed by atoms with Gasteiger partial charge in [0.25, 0.3) is 5.91 Å². The van der Waals surface area contributed by atoms with Crippen molar-refractivity contribution in [1.82, 2.24) is 9.78 Å². The van der Waals surface area contributed by atoms with E-state index in [1.165, 1.54) is 16.8 Å². The topological polar surface area (TPSA) is 114 Å². The first-order chi connectivity index (χ1) is 12.8. The quantitative estimate of drug-likeness (QED) is 0.646. The number of aromatic nitrogens is 2. The molecule has 1 aromatic carbocycles. The van der Waals surface area contributed by atoms with Crippen molar-refractivity contribution in [3.63, 3.8) is 0 Å². The second-order valence-electron chi connectivity index (χ2n) is 5.71. The number of hydrogen-bond acceptors (Lipinski definition) is 6. The van der Waals surface area contributed by atoms with Crippen molar-refractivity contribution in [2.75, 3.05) is 18.2 Å². The molecule has 0 saturated carbocycles. The van der Waals surface area contributed by atoms with E-state index in [4.69, 9.17) is 16.0 Å². The van der Waals surface area contributed by atoms with Crippen molar-refractivity contribution in [1.29, 1.82) is 0 Å². The van der Waals surface area contributed by atoms with Crippen LogP contribution in [0.2, 0.25) is 5.02 Å². The maximum Gasteiger partial charge on any atom is 0.292 e. The van der Waals surface area contributed by atoms with Crippen LogP contribution in [-0.4, -0.2) is 42.1 Å². The van der Waals surface area contributed by atoms with E-state index in [1.807, 2.05) is 0 Å². The second-order valence-corrected chi connectivity index (χ2v) is 8.10. The molecule has 2 N–H and O–H groups in total. The number of aliphatic hydroxyl groups is 1. The summed E-state index contributed by atoms with van der Waals surface area (Å²) < 4.78 is 29.5. The van der Waals surface area contributed by atoms with Crippen LogP contribution in [0.5, 0.6) is 0 Å². The van der Waals surface area contributed by atoms with E-state index in [2.05, 4.69) is 10.4 Å². The van der Waals surface area contributed by atoms with E-state index < -0.39 is 15.7 Å². The van der Waals surface area contributed by atoms with Crippen LogP contribution in [0.25, 0.3) is 11.3 Å². The van der Waals surface area contributed by atoms with E-state index >= 15 is 0 Å². The zero-order valence-corrected chi connectivity index (χ0v) is 15.8. The minimum absolute atomic E-state index is 0.153. The van der Waals surface area contributed by atoms with Crippen LogP contribution in [-0.2, 0) is 16.4 Å². The standard InChI is InChI=1S/C17H16ClN3O5S/c1-27(24,25)16-7-6-14(26-16)17(23)19-15-10-13(20-21(15)8-9-22)11-2-4-12(18)5-3-11/h2-7,10,22H,8-9H2,1H3,(H,19,23). The zero-order chi connectivity index (χ0) is 19.6. The fourth-order valence-electron chi connectivity index (χ4n) is 2.36. The van der Waals surface area contributed by atoms with Gasteiger partial charge in [-0.25, -0.2) is 13.1 Å². The first-order valence-corrected chi connectivity index (χ1v) is 10.1. The van der Waals surface area contributed by atoms with Crippen molar-refractivity contribution in [2.45, 2.75) is 11.6 Å². The number of aliphatic hydroxyl groups excluding tert-OH is 1. The molecule has 0 unspecified atom stereocenters. The predicted octanol–water partition coefficient (Wildman–Crippen LogP) is 2.44. The summed E-state index contributed by atoms with van der Waals surface area (Å²) in [6.07, 6.45) is 0.988. The molecule has 0 atom stereocenters. The molecule has 0 fully saturated rings. The van der Waals surface area contributed by atoms with Crippen LogP contribution >= 0.6 is 11.6 Å². The highest BCUT2D eigenvalue weighted by atomic mass is 35.5. The molecule has 1 amide bonds. The van der Waals surface area contributed by atoms with E-state index in [-0.39, 0.29) is 24.0 Å². The average molecular weight is 410 g/mol. The van der Waals surface area contributed by atoms with Gasteiger partial charge in [0, 0.05) is 22.9 Å². The zero-order valence-electron chi connectivity index (χ0n) is 14.2. The Balaban J connectivity index is 1.88. The maximum absolute atomic E-state index is 12.4. The molecular formula is C17H16ClN3O5S. The Morgan fingerprint density at radius 3 is 2.56 bits per heavy atom. The van der Waals surface area contributed by atoms with Crippen molar-refractivity contribution in [3.05, 3.63) is 53.2 Å². The van der Waals surface area contributed by atoms with Gasteiger partial charge in [-0.1, -0.05) is 23.7 Å². The number of furan rings is 1. The molecule has 3 rings (SSSR count). The summed E-state index contributed by atoms with van der Waals surface area (Å²) >= 11 is 5.89. The number of amides is 1. The van der Waals surface area contributed by atoms with Crippen molar-refractivity contribution in [2.24, 2.45) is 0 Å². The molecule has 0 spiro atoms. The highest BCUT2D eigenvalue weighted by Gasteiger charge is 2.19. The number of sulfone groups is 1. The third-order valence-electron chi connectivity index (χ3n) is 3.64. The molecule has 2 aromatic heterocycles. The van der Waals surface area contributed by atoms with Crippen LogP contribution in [0.1, 0.15) is 10.6 Å². The fourth-order valence-corrected chi connectivity index (χ4v) is 3.05. The Morgan fingerprint density at radius 2 is 1.96 bits per heavy atom. The van der Waals surface area contributed by atoms with Gasteiger partial charge < -0.3 is 14.8 Å². The van der Waals surface area contributed by atoms with Gasteiger partial charge in [-0.3, -0.25) is 4.79 Å². The minimum atomic E-state index is -3.55. The summed E-state index contributed by atoms with van der Waals surface area (Å²) in [5.74, 6) is -0.455. The molecule has 3 aromatic rings. The number of nitrogens with one attached hydrogen (secondary N) is 1. The SMILES string of the molecule is CS(=O)(=O)c1ccc(C(=O)Nc2cc(-c3ccc(Cl)cc3)nn2CCO)o1. The number of halogens is 1. The van der Waals surface area contributed by atoms with E-state index in [9.17, 15) is 18.3 Å². The van der Waals surface area contributed by atoms with Gasteiger partial charge in [-0.2, -0.15) is 5.10 Å². The molecule has 0 aliphatic heterocycles. The van der Waals surface area contributed by atoms with E-state index in [0.29, 0.717) is 16.5 Å². The van der Waals surface area contributed by atoms with Gasteiger partial charge in [-0.15, -0.1) is 0 Å². The lowest BCUT2D eigenvalue weighted by atomic mass is 10.1. The fraction of sp³-hybridized carbons (Fsp3) is 0.176. The number of carbonyl (C=O) groups is 1. The maximum atomic E-state index is 12.4. The summed E-state index contributed by atoms with van der Waals surface area (Å²) in [7, 11) is -3.55. The van der Waals surface area contributed by atoms with Crippen LogP contribution in [0.4, 0.5) is 5.82 Å². The highest BCUT2D eigenvalue weighted by Crippen LogP contribution is 2.24.